The maximum atomic E-state index is 9.22. The standard InChI is InChI=1S/C12H14N2O/c13-8-10-3-1-4-11(7-10)14-6-2-5-12(14)9-15/h1,3-4,7,12,15H,2,5-6,9H2. The minimum atomic E-state index is 0.191. The van der Waals surface area contributed by atoms with Crippen molar-refractivity contribution in [1.82, 2.24) is 0 Å². The van der Waals surface area contributed by atoms with Crippen LogP contribution in [0.5, 0.6) is 0 Å². The van der Waals surface area contributed by atoms with E-state index in [1.54, 1.807) is 6.07 Å². The van der Waals surface area contributed by atoms with Crippen molar-refractivity contribution in [3.63, 3.8) is 0 Å². The Balaban J connectivity index is 2.25. The molecule has 0 spiro atoms. The van der Waals surface area contributed by atoms with Gasteiger partial charge in [0.05, 0.1) is 24.3 Å². The maximum absolute atomic E-state index is 9.22. The van der Waals surface area contributed by atoms with Gasteiger partial charge in [0, 0.05) is 12.2 Å². The summed E-state index contributed by atoms with van der Waals surface area (Å²) in [7, 11) is 0. The van der Waals surface area contributed by atoms with E-state index in [-0.39, 0.29) is 12.6 Å². The Labute approximate surface area is 89.6 Å². The molecule has 0 aliphatic carbocycles. The summed E-state index contributed by atoms with van der Waals surface area (Å²) in [5.41, 5.74) is 1.72. The van der Waals surface area contributed by atoms with Gasteiger partial charge in [0.25, 0.3) is 0 Å². The second-order valence-electron chi connectivity index (χ2n) is 3.83. The van der Waals surface area contributed by atoms with E-state index >= 15 is 0 Å². The Bertz CT molecular complexity index is 383. The summed E-state index contributed by atoms with van der Waals surface area (Å²) in [6.07, 6.45) is 2.15. The first kappa shape index (κ1) is 10.0. The number of anilines is 1. The van der Waals surface area contributed by atoms with Gasteiger partial charge in [0.15, 0.2) is 0 Å². The highest BCUT2D eigenvalue weighted by molar-refractivity contribution is 5.52. The van der Waals surface area contributed by atoms with E-state index in [0.29, 0.717) is 5.56 Å². The normalized spacial score (nSPS) is 20.3. The Morgan fingerprint density at radius 3 is 3.13 bits per heavy atom. The molecule has 1 unspecified atom stereocenters. The van der Waals surface area contributed by atoms with Gasteiger partial charge in [-0.05, 0) is 31.0 Å². The van der Waals surface area contributed by atoms with Crippen LogP contribution in [0.4, 0.5) is 5.69 Å². The van der Waals surface area contributed by atoms with Crippen LogP contribution in [-0.4, -0.2) is 24.3 Å². The monoisotopic (exact) mass is 202 g/mol. The zero-order valence-corrected chi connectivity index (χ0v) is 8.56. The van der Waals surface area contributed by atoms with Crippen LogP contribution in [0, 0.1) is 11.3 Å². The predicted octanol–water partition coefficient (Wildman–Crippen LogP) is 1.52. The number of aliphatic hydroxyl groups excluding tert-OH is 1. The Morgan fingerprint density at radius 1 is 1.53 bits per heavy atom. The summed E-state index contributed by atoms with van der Waals surface area (Å²) in [5.74, 6) is 0. The number of rotatable bonds is 2. The third-order valence-electron chi connectivity index (χ3n) is 2.89. The molecule has 2 rings (SSSR count). The fourth-order valence-corrected chi connectivity index (χ4v) is 2.12. The highest BCUT2D eigenvalue weighted by Gasteiger charge is 2.23. The Kier molecular flexibility index (Phi) is 2.89. The first-order chi connectivity index (χ1) is 7.35. The Hall–Kier alpha value is -1.53. The van der Waals surface area contributed by atoms with E-state index < -0.39 is 0 Å². The zero-order chi connectivity index (χ0) is 10.7. The molecule has 3 nitrogen and oxygen atoms in total. The molecule has 1 fully saturated rings. The fourth-order valence-electron chi connectivity index (χ4n) is 2.12. The third kappa shape index (κ3) is 1.95. The van der Waals surface area contributed by atoms with Crippen LogP contribution in [0.3, 0.4) is 0 Å². The third-order valence-corrected chi connectivity index (χ3v) is 2.89. The molecule has 78 valence electrons. The lowest BCUT2D eigenvalue weighted by Gasteiger charge is -2.25. The van der Waals surface area contributed by atoms with Crippen LogP contribution in [0.1, 0.15) is 18.4 Å². The summed E-state index contributed by atoms with van der Waals surface area (Å²) in [6.45, 7) is 1.16. The molecule has 3 heteroatoms. The fraction of sp³-hybridized carbons (Fsp3) is 0.417. The average molecular weight is 202 g/mol. The molecule has 0 amide bonds. The molecule has 0 bridgehead atoms. The lowest BCUT2D eigenvalue weighted by Crippen LogP contribution is -2.31. The molecule has 0 aromatic heterocycles. The van der Waals surface area contributed by atoms with Crippen molar-refractivity contribution in [2.24, 2.45) is 0 Å². The molecule has 0 saturated carbocycles. The van der Waals surface area contributed by atoms with E-state index in [1.165, 1.54) is 0 Å². The number of nitrogens with zero attached hydrogens (tertiary/aromatic N) is 2. The van der Waals surface area contributed by atoms with Crippen LogP contribution >= 0.6 is 0 Å². The maximum Gasteiger partial charge on any atom is 0.0992 e. The molecule has 1 aromatic carbocycles. The molecule has 1 aliphatic rings. The topological polar surface area (TPSA) is 47.3 Å². The molecule has 1 heterocycles. The second kappa shape index (κ2) is 4.33. The van der Waals surface area contributed by atoms with Crippen LogP contribution in [-0.2, 0) is 0 Å². The molecule has 1 N–H and O–H groups in total. The molecule has 1 saturated heterocycles. The molecule has 1 atom stereocenters. The first-order valence-electron chi connectivity index (χ1n) is 5.23. The lowest BCUT2D eigenvalue weighted by molar-refractivity contribution is 0.266. The lowest BCUT2D eigenvalue weighted by atomic mass is 10.2. The van der Waals surface area contributed by atoms with Gasteiger partial charge in [-0.1, -0.05) is 6.07 Å². The number of hydrogen-bond donors (Lipinski definition) is 1. The molecule has 1 aliphatic heterocycles. The smallest absolute Gasteiger partial charge is 0.0992 e. The van der Waals surface area contributed by atoms with Gasteiger partial charge < -0.3 is 10.0 Å². The quantitative estimate of drug-likeness (QED) is 0.791. The SMILES string of the molecule is N#Cc1cccc(N2CCCC2CO)c1. The van der Waals surface area contributed by atoms with Gasteiger partial charge in [-0.3, -0.25) is 0 Å². The zero-order valence-electron chi connectivity index (χ0n) is 8.56. The highest BCUT2D eigenvalue weighted by Crippen LogP contribution is 2.25. The van der Waals surface area contributed by atoms with Crippen LogP contribution < -0.4 is 4.90 Å². The van der Waals surface area contributed by atoms with Crippen LogP contribution in [0.2, 0.25) is 0 Å². The number of aliphatic hydroxyl groups is 1. The van der Waals surface area contributed by atoms with Gasteiger partial charge in [0.2, 0.25) is 0 Å². The second-order valence-corrected chi connectivity index (χ2v) is 3.83. The highest BCUT2D eigenvalue weighted by atomic mass is 16.3. The minimum Gasteiger partial charge on any atom is -0.394 e. The van der Waals surface area contributed by atoms with Crippen molar-refractivity contribution in [2.75, 3.05) is 18.1 Å². The number of benzene rings is 1. The Morgan fingerprint density at radius 2 is 2.40 bits per heavy atom. The van der Waals surface area contributed by atoms with Crippen molar-refractivity contribution in [1.29, 1.82) is 5.26 Å². The van der Waals surface area contributed by atoms with Gasteiger partial charge in [-0.25, -0.2) is 0 Å². The van der Waals surface area contributed by atoms with Crippen LogP contribution in [0.15, 0.2) is 24.3 Å². The van der Waals surface area contributed by atoms with Gasteiger partial charge >= 0.3 is 0 Å². The largest absolute Gasteiger partial charge is 0.394 e. The van der Waals surface area contributed by atoms with Crippen molar-refractivity contribution >= 4 is 5.69 Å². The van der Waals surface area contributed by atoms with E-state index in [4.69, 9.17) is 5.26 Å². The van der Waals surface area contributed by atoms with Gasteiger partial charge in [-0.15, -0.1) is 0 Å². The van der Waals surface area contributed by atoms with E-state index in [9.17, 15) is 5.11 Å². The molecule has 0 radical (unpaired) electrons. The summed E-state index contributed by atoms with van der Waals surface area (Å²) in [4.78, 5) is 2.18. The summed E-state index contributed by atoms with van der Waals surface area (Å²) >= 11 is 0. The summed E-state index contributed by atoms with van der Waals surface area (Å²) in [5, 5.41) is 18.0. The van der Waals surface area contributed by atoms with E-state index in [0.717, 1.165) is 25.1 Å². The van der Waals surface area contributed by atoms with Crippen molar-refractivity contribution in [2.45, 2.75) is 18.9 Å². The van der Waals surface area contributed by atoms with E-state index in [1.807, 2.05) is 18.2 Å². The van der Waals surface area contributed by atoms with Gasteiger partial charge in [-0.2, -0.15) is 5.26 Å². The number of hydrogen-bond acceptors (Lipinski definition) is 3. The van der Waals surface area contributed by atoms with E-state index in [2.05, 4.69) is 11.0 Å². The summed E-state index contributed by atoms with van der Waals surface area (Å²) in [6, 6.07) is 9.92. The minimum absolute atomic E-state index is 0.191. The number of nitriles is 1. The molecule has 1 aromatic rings. The summed E-state index contributed by atoms with van der Waals surface area (Å²) < 4.78 is 0. The molecular formula is C12H14N2O. The van der Waals surface area contributed by atoms with Crippen LogP contribution in [0.25, 0.3) is 0 Å². The first-order valence-corrected chi connectivity index (χ1v) is 5.23. The van der Waals surface area contributed by atoms with Crippen molar-refractivity contribution in [3.05, 3.63) is 29.8 Å². The molecule has 15 heavy (non-hydrogen) atoms. The van der Waals surface area contributed by atoms with Crippen molar-refractivity contribution < 1.29 is 5.11 Å². The predicted molar refractivity (Wildman–Crippen MR) is 58.6 cm³/mol. The average Bonchev–Trinajstić information content (AvgIpc) is 2.77. The van der Waals surface area contributed by atoms with Crippen molar-refractivity contribution in [3.8, 4) is 6.07 Å². The van der Waals surface area contributed by atoms with Gasteiger partial charge in [0.1, 0.15) is 0 Å². The molecular weight excluding hydrogens is 188 g/mol.